The molecule has 7 nitrogen and oxygen atoms in total. The van der Waals surface area contributed by atoms with Gasteiger partial charge in [0.1, 0.15) is 0 Å². The molecule has 2 heterocycles. The molecule has 28 heavy (non-hydrogen) atoms. The lowest BCUT2D eigenvalue weighted by atomic mass is 9.95. The highest BCUT2D eigenvalue weighted by molar-refractivity contribution is 8.01. The number of aliphatic imine (C=N–C) groups is 1. The van der Waals surface area contributed by atoms with Gasteiger partial charge in [0, 0.05) is 30.2 Å². The summed E-state index contributed by atoms with van der Waals surface area (Å²) in [6.45, 7) is 0.933. The second-order valence-corrected chi connectivity index (χ2v) is 10.3. The number of carbonyl (C=O) groups is 1. The summed E-state index contributed by atoms with van der Waals surface area (Å²) in [5.41, 5.74) is 1.27. The highest BCUT2D eigenvalue weighted by Crippen LogP contribution is 2.30. The molecule has 0 aromatic heterocycles. The minimum atomic E-state index is -3.63. The van der Waals surface area contributed by atoms with Crippen molar-refractivity contribution in [3.8, 4) is 0 Å². The molecule has 1 saturated carbocycles. The van der Waals surface area contributed by atoms with Crippen molar-refractivity contribution in [3.05, 3.63) is 23.8 Å². The number of hydrogen-bond acceptors (Lipinski definition) is 6. The molecule has 0 radical (unpaired) electrons. The van der Waals surface area contributed by atoms with Crippen molar-refractivity contribution in [2.24, 2.45) is 4.99 Å². The Balaban J connectivity index is 1.41. The van der Waals surface area contributed by atoms with Gasteiger partial charge in [0.25, 0.3) is 0 Å². The van der Waals surface area contributed by atoms with Crippen molar-refractivity contribution in [1.29, 1.82) is 0 Å². The van der Waals surface area contributed by atoms with Gasteiger partial charge >= 0.3 is 0 Å². The monoisotopic (exact) mass is 422 g/mol. The van der Waals surface area contributed by atoms with Crippen molar-refractivity contribution in [3.63, 3.8) is 0 Å². The molecule has 1 aliphatic carbocycles. The first kappa shape index (κ1) is 19.9. The number of benzene rings is 1. The third-order valence-corrected chi connectivity index (χ3v) is 7.98. The molecule has 1 unspecified atom stereocenters. The minimum Gasteiger partial charge on any atom is -0.311 e. The van der Waals surface area contributed by atoms with Crippen molar-refractivity contribution >= 4 is 39.6 Å². The van der Waals surface area contributed by atoms with Crippen LogP contribution in [0.5, 0.6) is 0 Å². The summed E-state index contributed by atoms with van der Waals surface area (Å²) in [7, 11) is -3.63. The zero-order valence-electron chi connectivity index (χ0n) is 15.8. The quantitative estimate of drug-likeness (QED) is 0.730. The molecule has 1 aromatic rings. The predicted molar refractivity (Wildman–Crippen MR) is 112 cm³/mol. The Bertz CT molecular complexity index is 866. The highest BCUT2D eigenvalue weighted by Gasteiger charge is 2.28. The van der Waals surface area contributed by atoms with E-state index in [9.17, 15) is 13.2 Å². The van der Waals surface area contributed by atoms with Gasteiger partial charge in [-0.3, -0.25) is 9.79 Å². The average molecular weight is 423 g/mol. The van der Waals surface area contributed by atoms with Crippen LogP contribution in [0.25, 0.3) is 0 Å². The predicted octanol–water partition coefficient (Wildman–Crippen LogP) is 1.88. The van der Waals surface area contributed by atoms with Gasteiger partial charge in [-0.1, -0.05) is 19.3 Å². The third-order valence-electron chi connectivity index (χ3n) is 5.53. The van der Waals surface area contributed by atoms with Crippen LogP contribution in [0.4, 0.5) is 5.69 Å². The first-order chi connectivity index (χ1) is 13.5. The van der Waals surface area contributed by atoms with E-state index in [1.807, 2.05) is 0 Å². The van der Waals surface area contributed by atoms with E-state index < -0.39 is 15.5 Å². The Morgan fingerprint density at radius 1 is 1.25 bits per heavy atom. The van der Waals surface area contributed by atoms with E-state index in [1.54, 1.807) is 29.3 Å². The summed E-state index contributed by atoms with van der Waals surface area (Å²) in [5.74, 6) is 0.762. The number of nitrogens with zero attached hydrogens (tertiary/aromatic N) is 2. The average Bonchev–Trinajstić information content (AvgIpc) is 3.35. The van der Waals surface area contributed by atoms with E-state index in [0.29, 0.717) is 31.3 Å². The fourth-order valence-electron chi connectivity index (χ4n) is 4.02. The highest BCUT2D eigenvalue weighted by atomic mass is 32.2. The number of rotatable bonds is 6. The Hall–Kier alpha value is -1.42. The molecule has 3 aliphatic rings. The summed E-state index contributed by atoms with van der Waals surface area (Å²) in [6.07, 6.45) is 8.42. The Kier molecular flexibility index (Phi) is 6.05. The summed E-state index contributed by atoms with van der Waals surface area (Å²) in [4.78, 5) is 18.8. The number of anilines is 1. The van der Waals surface area contributed by atoms with Crippen LogP contribution in [0, 0.1) is 0 Å². The first-order valence-corrected chi connectivity index (χ1v) is 12.4. The van der Waals surface area contributed by atoms with Crippen LogP contribution in [0.2, 0.25) is 0 Å². The standard InChI is InChI=1S/C19H26N4O3S2/c24-18(13-21-15-4-2-1-3-5-15)23-10-8-14-12-16(6-7-17(14)23)28(25,26)22-19-20-9-11-27-19/h6-7,9,12,15,19,21-22H,1-5,8,10-11,13H2. The maximum absolute atomic E-state index is 12.7. The van der Waals surface area contributed by atoms with Crippen molar-refractivity contribution in [1.82, 2.24) is 10.0 Å². The maximum Gasteiger partial charge on any atom is 0.243 e. The molecule has 0 saturated heterocycles. The van der Waals surface area contributed by atoms with Gasteiger partial charge in [0.2, 0.25) is 15.9 Å². The Morgan fingerprint density at radius 3 is 2.82 bits per heavy atom. The largest absolute Gasteiger partial charge is 0.311 e. The van der Waals surface area contributed by atoms with Crippen LogP contribution in [0.15, 0.2) is 28.1 Å². The Morgan fingerprint density at radius 2 is 2.07 bits per heavy atom. The van der Waals surface area contributed by atoms with Crippen LogP contribution < -0.4 is 14.9 Å². The van der Waals surface area contributed by atoms with Gasteiger partial charge in [0.15, 0.2) is 5.50 Å². The lowest BCUT2D eigenvalue weighted by molar-refractivity contribution is -0.117. The Labute approximate surface area is 170 Å². The third kappa shape index (κ3) is 4.42. The second kappa shape index (κ2) is 8.52. The number of sulfonamides is 1. The molecule has 4 rings (SSSR count). The van der Waals surface area contributed by atoms with E-state index in [2.05, 4.69) is 15.0 Å². The minimum absolute atomic E-state index is 0.0507. The van der Waals surface area contributed by atoms with Gasteiger partial charge in [-0.05, 0) is 43.0 Å². The molecule has 0 bridgehead atoms. The molecular weight excluding hydrogens is 396 g/mol. The number of fused-ring (bicyclic) bond motifs is 1. The molecule has 1 amide bonds. The van der Waals surface area contributed by atoms with Gasteiger partial charge in [-0.2, -0.15) is 4.72 Å². The molecule has 1 aromatic carbocycles. The number of nitrogens with one attached hydrogen (secondary N) is 2. The smallest absolute Gasteiger partial charge is 0.243 e. The summed E-state index contributed by atoms with van der Waals surface area (Å²) in [6, 6.07) is 5.45. The van der Waals surface area contributed by atoms with E-state index >= 15 is 0 Å². The molecule has 152 valence electrons. The normalized spacial score (nSPS) is 22.6. The van der Waals surface area contributed by atoms with Crippen LogP contribution in [0.1, 0.15) is 37.7 Å². The van der Waals surface area contributed by atoms with Crippen LogP contribution in [-0.2, 0) is 21.2 Å². The second-order valence-electron chi connectivity index (χ2n) is 7.44. The zero-order valence-corrected chi connectivity index (χ0v) is 17.4. The van der Waals surface area contributed by atoms with E-state index in [0.717, 1.165) is 24.1 Å². The molecule has 1 atom stereocenters. The van der Waals surface area contributed by atoms with Gasteiger partial charge < -0.3 is 10.2 Å². The molecular formula is C19H26N4O3S2. The fraction of sp³-hybridized carbons (Fsp3) is 0.579. The van der Waals surface area contributed by atoms with Gasteiger partial charge in [-0.25, -0.2) is 8.42 Å². The molecule has 2 aliphatic heterocycles. The van der Waals surface area contributed by atoms with Crippen molar-refractivity contribution in [2.75, 3.05) is 23.7 Å². The SMILES string of the molecule is O=C(CNC1CCCCC1)N1CCc2cc(S(=O)(=O)NC3N=CCS3)ccc21. The number of hydrogen-bond donors (Lipinski definition) is 2. The summed E-state index contributed by atoms with van der Waals surface area (Å²) >= 11 is 1.44. The van der Waals surface area contributed by atoms with Crippen LogP contribution in [-0.4, -0.2) is 50.9 Å². The summed E-state index contributed by atoms with van der Waals surface area (Å²) < 4.78 is 27.8. The zero-order chi connectivity index (χ0) is 19.6. The van der Waals surface area contributed by atoms with E-state index in [4.69, 9.17) is 0 Å². The molecule has 1 fully saturated rings. The first-order valence-electron chi connectivity index (χ1n) is 9.85. The summed E-state index contributed by atoms with van der Waals surface area (Å²) in [5, 5.41) is 3.39. The van der Waals surface area contributed by atoms with Crippen molar-refractivity contribution < 1.29 is 13.2 Å². The van der Waals surface area contributed by atoms with Crippen LogP contribution in [0.3, 0.4) is 0 Å². The fourth-order valence-corrected chi connectivity index (χ4v) is 6.21. The topological polar surface area (TPSA) is 90.9 Å². The number of amides is 1. The molecule has 0 spiro atoms. The van der Waals surface area contributed by atoms with Gasteiger partial charge in [-0.15, -0.1) is 11.8 Å². The number of carbonyl (C=O) groups excluding carboxylic acids is 1. The van der Waals surface area contributed by atoms with Gasteiger partial charge in [0.05, 0.1) is 11.4 Å². The molecule has 2 N–H and O–H groups in total. The van der Waals surface area contributed by atoms with Crippen molar-refractivity contribution in [2.45, 2.75) is 55.0 Å². The number of thioether (sulfide) groups is 1. The molecule has 9 heteroatoms. The lowest BCUT2D eigenvalue weighted by Gasteiger charge is -2.24. The maximum atomic E-state index is 12.7. The van der Waals surface area contributed by atoms with E-state index in [-0.39, 0.29) is 10.8 Å². The lowest BCUT2D eigenvalue weighted by Crippen LogP contribution is -2.41. The van der Waals surface area contributed by atoms with E-state index in [1.165, 1.54) is 31.0 Å². The van der Waals surface area contributed by atoms with Crippen LogP contribution >= 0.6 is 11.8 Å².